The summed E-state index contributed by atoms with van der Waals surface area (Å²) in [6.07, 6.45) is 0. The number of rotatable bonds is 2. The number of hydrogen-bond donors (Lipinski definition) is 0. The molecule has 0 bridgehead atoms. The summed E-state index contributed by atoms with van der Waals surface area (Å²) in [6.45, 7) is 0. The average molecular weight is 229 g/mol. The number of halogens is 1. The molecule has 2 heterocycles. The summed E-state index contributed by atoms with van der Waals surface area (Å²) in [5, 5.41) is 1.89. The average Bonchev–Trinajstić information content (AvgIpc) is 2.72. The maximum Gasteiger partial charge on any atom is 0.212 e. The molecule has 0 N–H and O–H groups in total. The molecule has 2 rings (SSSR count). The number of ketones is 1. The lowest BCUT2D eigenvalue weighted by molar-refractivity contribution is 0.104. The maximum atomic E-state index is 11.7. The molecular formula is C9H5ClOS2. The summed E-state index contributed by atoms with van der Waals surface area (Å²) in [4.78, 5) is 13.1. The molecule has 2 aromatic heterocycles. The Morgan fingerprint density at radius 3 is 2.62 bits per heavy atom. The molecule has 0 saturated heterocycles. The van der Waals surface area contributed by atoms with Gasteiger partial charge in [-0.2, -0.15) is 0 Å². The van der Waals surface area contributed by atoms with E-state index in [0.717, 1.165) is 4.88 Å². The fourth-order valence-electron chi connectivity index (χ4n) is 0.966. The normalized spacial score (nSPS) is 10.2. The molecule has 0 aliphatic heterocycles. The molecule has 0 spiro atoms. The minimum Gasteiger partial charge on any atom is -0.287 e. The van der Waals surface area contributed by atoms with Gasteiger partial charge in [-0.05, 0) is 23.6 Å². The van der Waals surface area contributed by atoms with Gasteiger partial charge in [0.25, 0.3) is 0 Å². The van der Waals surface area contributed by atoms with Crippen LogP contribution in [0.3, 0.4) is 0 Å². The van der Waals surface area contributed by atoms with E-state index in [4.69, 9.17) is 11.6 Å². The van der Waals surface area contributed by atoms with Crippen molar-refractivity contribution in [3.05, 3.63) is 43.7 Å². The third-order valence-electron chi connectivity index (χ3n) is 1.54. The van der Waals surface area contributed by atoms with Crippen LogP contribution in [-0.2, 0) is 0 Å². The van der Waals surface area contributed by atoms with E-state index in [0.29, 0.717) is 9.21 Å². The van der Waals surface area contributed by atoms with Crippen molar-refractivity contribution in [1.29, 1.82) is 0 Å². The minimum absolute atomic E-state index is 0.0619. The monoisotopic (exact) mass is 228 g/mol. The summed E-state index contributed by atoms with van der Waals surface area (Å²) >= 11 is 8.50. The van der Waals surface area contributed by atoms with Gasteiger partial charge in [0.2, 0.25) is 5.78 Å². The van der Waals surface area contributed by atoms with Gasteiger partial charge in [0.15, 0.2) is 0 Å². The smallest absolute Gasteiger partial charge is 0.212 e. The molecule has 0 atom stereocenters. The lowest BCUT2D eigenvalue weighted by atomic mass is 10.3. The molecule has 66 valence electrons. The van der Waals surface area contributed by atoms with Gasteiger partial charge in [0.05, 0.1) is 14.1 Å². The van der Waals surface area contributed by atoms with Gasteiger partial charge in [0, 0.05) is 0 Å². The predicted molar refractivity (Wildman–Crippen MR) is 57.1 cm³/mol. The van der Waals surface area contributed by atoms with Crippen molar-refractivity contribution >= 4 is 40.1 Å². The summed E-state index contributed by atoms with van der Waals surface area (Å²) in [5.74, 6) is 0.0619. The fraction of sp³-hybridized carbons (Fsp3) is 0. The van der Waals surface area contributed by atoms with Gasteiger partial charge in [-0.3, -0.25) is 4.79 Å². The molecule has 1 nitrogen and oxygen atoms in total. The van der Waals surface area contributed by atoms with Crippen LogP contribution >= 0.6 is 34.3 Å². The van der Waals surface area contributed by atoms with Crippen LogP contribution in [0.4, 0.5) is 0 Å². The van der Waals surface area contributed by atoms with E-state index in [-0.39, 0.29) is 5.78 Å². The number of carbonyl (C=O) groups is 1. The highest BCUT2D eigenvalue weighted by Gasteiger charge is 2.11. The van der Waals surface area contributed by atoms with E-state index in [1.165, 1.54) is 22.7 Å². The minimum atomic E-state index is 0.0619. The van der Waals surface area contributed by atoms with Gasteiger partial charge in [-0.15, -0.1) is 22.7 Å². The van der Waals surface area contributed by atoms with E-state index in [9.17, 15) is 4.79 Å². The number of hydrogen-bond acceptors (Lipinski definition) is 3. The van der Waals surface area contributed by atoms with Crippen molar-refractivity contribution in [3.8, 4) is 0 Å². The highest BCUT2D eigenvalue weighted by atomic mass is 35.5. The van der Waals surface area contributed by atoms with Crippen molar-refractivity contribution in [2.75, 3.05) is 0 Å². The molecule has 0 amide bonds. The zero-order chi connectivity index (χ0) is 9.26. The Kier molecular flexibility index (Phi) is 2.49. The van der Waals surface area contributed by atoms with Gasteiger partial charge >= 0.3 is 0 Å². The van der Waals surface area contributed by atoms with E-state index in [2.05, 4.69) is 0 Å². The molecule has 0 radical (unpaired) electrons. The van der Waals surface area contributed by atoms with Crippen LogP contribution in [0, 0.1) is 0 Å². The van der Waals surface area contributed by atoms with Crippen LogP contribution in [0.5, 0.6) is 0 Å². The van der Waals surface area contributed by atoms with Gasteiger partial charge in [-0.1, -0.05) is 17.7 Å². The molecule has 0 aliphatic rings. The van der Waals surface area contributed by atoms with Crippen LogP contribution in [0.25, 0.3) is 0 Å². The highest BCUT2D eigenvalue weighted by molar-refractivity contribution is 7.19. The fourth-order valence-corrected chi connectivity index (χ4v) is 2.71. The quantitative estimate of drug-likeness (QED) is 0.717. The zero-order valence-electron chi connectivity index (χ0n) is 6.49. The topological polar surface area (TPSA) is 17.1 Å². The molecule has 0 fully saturated rings. The van der Waals surface area contributed by atoms with Gasteiger partial charge < -0.3 is 0 Å². The van der Waals surface area contributed by atoms with Gasteiger partial charge in [0.1, 0.15) is 0 Å². The van der Waals surface area contributed by atoms with Crippen molar-refractivity contribution in [3.63, 3.8) is 0 Å². The highest BCUT2D eigenvalue weighted by Crippen LogP contribution is 2.25. The molecule has 0 saturated carbocycles. The summed E-state index contributed by atoms with van der Waals surface area (Å²) in [5.41, 5.74) is 0. The third kappa shape index (κ3) is 1.82. The number of carbonyl (C=O) groups excluding carboxylic acids is 1. The first-order valence-corrected chi connectivity index (χ1v) is 5.68. The largest absolute Gasteiger partial charge is 0.287 e. The molecule has 13 heavy (non-hydrogen) atoms. The third-order valence-corrected chi connectivity index (χ3v) is 3.64. The lowest BCUT2D eigenvalue weighted by Gasteiger charge is -1.90. The molecule has 0 unspecified atom stereocenters. The summed E-state index contributed by atoms with van der Waals surface area (Å²) in [7, 11) is 0. The molecular weight excluding hydrogens is 224 g/mol. The first-order valence-electron chi connectivity index (χ1n) is 3.61. The Morgan fingerprint density at radius 1 is 1.23 bits per heavy atom. The van der Waals surface area contributed by atoms with Crippen LogP contribution < -0.4 is 0 Å². The first-order chi connectivity index (χ1) is 6.27. The van der Waals surface area contributed by atoms with E-state index in [1.54, 1.807) is 12.1 Å². The second kappa shape index (κ2) is 3.62. The second-order valence-corrected chi connectivity index (χ2v) is 5.07. The van der Waals surface area contributed by atoms with Crippen LogP contribution in [0.15, 0.2) is 29.6 Å². The zero-order valence-corrected chi connectivity index (χ0v) is 8.88. The lowest BCUT2D eigenvalue weighted by Crippen LogP contribution is -1.93. The molecule has 0 aromatic carbocycles. The maximum absolute atomic E-state index is 11.7. The Balaban J connectivity index is 2.33. The van der Waals surface area contributed by atoms with E-state index >= 15 is 0 Å². The molecule has 4 heteroatoms. The SMILES string of the molecule is O=C(c1cccs1)c1ccc(Cl)s1. The van der Waals surface area contributed by atoms with Crippen molar-refractivity contribution < 1.29 is 4.79 Å². The first kappa shape index (κ1) is 8.94. The van der Waals surface area contributed by atoms with Crippen LogP contribution in [0.1, 0.15) is 14.5 Å². The standard InChI is InChI=1S/C9H5ClOS2/c10-8-4-3-7(13-8)9(11)6-2-1-5-12-6/h1-5H. The van der Waals surface area contributed by atoms with Crippen molar-refractivity contribution in [1.82, 2.24) is 0 Å². The Morgan fingerprint density at radius 2 is 2.08 bits per heavy atom. The summed E-state index contributed by atoms with van der Waals surface area (Å²) in [6, 6.07) is 7.19. The van der Waals surface area contributed by atoms with Crippen molar-refractivity contribution in [2.45, 2.75) is 0 Å². The predicted octanol–water partition coefficient (Wildman–Crippen LogP) is 3.69. The van der Waals surface area contributed by atoms with Gasteiger partial charge in [-0.25, -0.2) is 0 Å². The Hall–Kier alpha value is -0.640. The molecule has 0 aliphatic carbocycles. The molecule has 2 aromatic rings. The Bertz CT molecular complexity index is 417. The summed E-state index contributed by atoms with van der Waals surface area (Å²) < 4.78 is 0.653. The second-order valence-electron chi connectivity index (χ2n) is 2.41. The van der Waals surface area contributed by atoms with Crippen LogP contribution in [-0.4, -0.2) is 5.78 Å². The van der Waals surface area contributed by atoms with Crippen LogP contribution in [0.2, 0.25) is 4.34 Å². The number of thiophene rings is 2. The van der Waals surface area contributed by atoms with E-state index in [1.807, 2.05) is 17.5 Å². The van der Waals surface area contributed by atoms with E-state index < -0.39 is 0 Å². The Labute approximate surface area is 88.6 Å². The van der Waals surface area contributed by atoms with Crippen molar-refractivity contribution in [2.24, 2.45) is 0 Å².